The molecule has 172 valence electrons. The van der Waals surface area contributed by atoms with Gasteiger partial charge >= 0.3 is 0 Å². The van der Waals surface area contributed by atoms with Gasteiger partial charge in [-0.3, -0.25) is 14.4 Å². The lowest BCUT2D eigenvalue weighted by molar-refractivity contribution is 0.0780. The number of piperidine rings is 1. The molecule has 2 aromatic rings. The molecule has 0 bridgehead atoms. The van der Waals surface area contributed by atoms with Crippen molar-refractivity contribution in [2.24, 2.45) is 10.9 Å². The van der Waals surface area contributed by atoms with E-state index < -0.39 is 10.0 Å². The number of halogens is 2. The first-order chi connectivity index (χ1) is 15.4. The van der Waals surface area contributed by atoms with Gasteiger partial charge in [0.25, 0.3) is 0 Å². The van der Waals surface area contributed by atoms with E-state index >= 15 is 0 Å². The van der Waals surface area contributed by atoms with E-state index in [0.717, 1.165) is 12.8 Å². The highest BCUT2D eigenvalue weighted by Crippen LogP contribution is 2.33. The van der Waals surface area contributed by atoms with E-state index in [-0.39, 0.29) is 45.9 Å². The van der Waals surface area contributed by atoms with Gasteiger partial charge in [-0.05, 0) is 49.9 Å². The number of benzene rings is 1. The zero-order chi connectivity index (χ0) is 22.7. The number of hydrogen-bond donors (Lipinski definition) is 0. The Morgan fingerprint density at radius 3 is 2.22 bits per heavy atom. The first-order valence-electron chi connectivity index (χ1n) is 11.1. The van der Waals surface area contributed by atoms with E-state index in [4.69, 9.17) is 28.2 Å². The molecule has 0 spiro atoms. The van der Waals surface area contributed by atoms with Gasteiger partial charge in [-0.1, -0.05) is 54.6 Å². The van der Waals surface area contributed by atoms with Crippen LogP contribution in [0.15, 0.2) is 52.5 Å². The van der Waals surface area contributed by atoms with Gasteiger partial charge in [0.15, 0.2) is 0 Å². The van der Waals surface area contributed by atoms with Gasteiger partial charge in [-0.2, -0.15) is 4.31 Å². The lowest BCUT2D eigenvalue weighted by Gasteiger charge is -2.31. The van der Waals surface area contributed by atoms with Crippen LogP contribution in [0.5, 0.6) is 0 Å². The highest BCUT2D eigenvalue weighted by Gasteiger charge is 2.34. The van der Waals surface area contributed by atoms with Crippen LogP contribution in [-0.2, 0) is 10.0 Å². The average Bonchev–Trinajstić information content (AvgIpc) is 2.79. The van der Waals surface area contributed by atoms with E-state index in [1.807, 2.05) is 18.2 Å². The van der Waals surface area contributed by atoms with Crippen molar-refractivity contribution in [3.63, 3.8) is 0 Å². The minimum absolute atomic E-state index is 0.0343. The molecule has 1 aromatic carbocycles. The zero-order valence-corrected chi connectivity index (χ0v) is 20.1. The molecule has 1 aliphatic carbocycles. The van der Waals surface area contributed by atoms with E-state index in [0.29, 0.717) is 18.3 Å². The molecule has 0 unspecified atom stereocenters. The molecule has 1 aromatic heterocycles. The summed E-state index contributed by atoms with van der Waals surface area (Å²) in [5.41, 5.74) is 0.683. The molecule has 2 heterocycles. The third-order valence-corrected chi connectivity index (χ3v) is 9.14. The average molecular weight is 496 g/mol. The Bertz CT molecular complexity index is 1130. The predicted octanol–water partition coefficient (Wildman–Crippen LogP) is 4.77. The smallest absolute Gasteiger partial charge is 0.246 e. The van der Waals surface area contributed by atoms with Crippen molar-refractivity contribution in [3.8, 4) is 0 Å². The van der Waals surface area contributed by atoms with E-state index in [1.54, 1.807) is 16.8 Å². The minimum Gasteiger partial charge on any atom is -0.274 e. The third-order valence-electron chi connectivity index (χ3n) is 6.29. The summed E-state index contributed by atoms with van der Waals surface area (Å²) < 4.78 is 29.2. The first kappa shape index (κ1) is 23.5. The second kappa shape index (κ2) is 10.1. The van der Waals surface area contributed by atoms with E-state index in [2.05, 4.69) is 0 Å². The molecule has 0 N–H and O–H groups in total. The molecule has 4 rings (SSSR count). The molecule has 0 atom stereocenters. The highest BCUT2D eigenvalue weighted by molar-refractivity contribution is 7.89. The molecule has 9 heteroatoms. The van der Waals surface area contributed by atoms with Gasteiger partial charge in [0.1, 0.15) is 10.4 Å². The van der Waals surface area contributed by atoms with Crippen LogP contribution in [0.4, 0.5) is 0 Å². The Morgan fingerprint density at radius 1 is 0.906 bits per heavy atom. The summed E-state index contributed by atoms with van der Waals surface area (Å²) >= 11 is 12.3. The second-order valence-electron chi connectivity index (χ2n) is 8.42. The summed E-state index contributed by atoms with van der Waals surface area (Å²) in [7, 11) is -3.83. The van der Waals surface area contributed by atoms with Crippen LogP contribution in [0.25, 0.3) is 0 Å². The molecule has 0 amide bonds. The van der Waals surface area contributed by atoms with Crippen molar-refractivity contribution in [1.29, 1.82) is 0 Å². The van der Waals surface area contributed by atoms with Crippen molar-refractivity contribution >= 4 is 39.1 Å². The molecule has 0 radical (unpaired) electrons. The number of pyridine rings is 1. The molecule has 2 fully saturated rings. The maximum absolute atomic E-state index is 13.3. The molecule has 1 aliphatic heterocycles. The number of aromatic nitrogens is 1. The summed E-state index contributed by atoms with van der Waals surface area (Å²) in [5.74, 6) is -0.302. The SMILES string of the molecule is O=C(C1CCN(S(=O)(=O)c2c(Cl)cccc2Cl)CC1)n1ccccc1=NC1CCCCC1. The first-order valence-corrected chi connectivity index (χ1v) is 13.3. The van der Waals surface area contributed by atoms with Gasteiger partial charge in [0.05, 0.1) is 16.1 Å². The van der Waals surface area contributed by atoms with Gasteiger partial charge in [0.2, 0.25) is 15.9 Å². The summed E-state index contributed by atoms with van der Waals surface area (Å²) in [5, 5.41) is 0.203. The van der Waals surface area contributed by atoms with Crippen molar-refractivity contribution in [1.82, 2.24) is 8.87 Å². The van der Waals surface area contributed by atoms with Crippen molar-refractivity contribution in [3.05, 3.63) is 58.1 Å². The Morgan fingerprint density at radius 2 is 1.56 bits per heavy atom. The quantitative estimate of drug-likeness (QED) is 0.612. The Labute approximate surface area is 198 Å². The van der Waals surface area contributed by atoms with Crippen LogP contribution in [0.2, 0.25) is 10.0 Å². The standard InChI is InChI=1S/C23H27Cl2N3O3S/c24-19-9-6-10-20(25)22(19)32(30,31)27-15-12-17(13-16-27)23(29)28-14-5-4-11-21(28)26-18-7-2-1-3-8-18/h4-6,9-11,14,17-18H,1-3,7-8,12-13,15-16H2. The maximum Gasteiger partial charge on any atom is 0.246 e. The van der Waals surface area contributed by atoms with E-state index in [9.17, 15) is 13.2 Å². The molecule has 6 nitrogen and oxygen atoms in total. The molecule has 1 saturated heterocycles. The maximum atomic E-state index is 13.3. The molecule has 2 aliphatic rings. The normalized spacial score (nSPS) is 19.9. The van der Waals surface area contributed by atoms with Crippen molar-refractivity contribution in [2.75, 3.05) is 13.1 Å². The fourth-order valence-corrected chi connectivity index (χ4v) is 7.08. The summed E-state index contributed by atoms with van der Waals surface area (Å²) in [6.07, 6.45) is 8.36. The number of carbonyl (C=O) groups excluding carboxylic acids is 1. The second-order valence-corrected chi connectivity index (χ2v) is 11.1. The Kier molecular flexibility index (Phi) is 7.40. The van der Waals surface area contributed by atoms with Crippen LogP contribution < -0.4 is 5.49 Å². The molecular weight excluding hydrogens is 469 g/mol. The fourth-order valence-electron chi connectivity index (χ4n) is 4.52. The fraction of sp³-hybridized carbons (Fsp3) is 0.478. The van der Waals surface area contributed by atoms with Crippen molar-refractivity contribution in [2.45, 2.75) is 55.9 Å². The van der Waals surface area contributed by atoms with Crippen LogP contribution >= 0.6 is 23.2 Å². The summed E-state index contributed by atoms with van der Waals surface area (Å²) in [4.78, 5) is 18.1. The monoisotopic (exact) mass is 495 g/mol. The number of hydrogen-bond acceptors (Lipinski definition) is 4. The number of rotatable bonds is 4. The lowest BCUT2D eigenvalue weighted by atomic mass is 9.96. The van der Waals surface area contributed by atoms with Gasteiger partial charge in [-0.15, -0.1) is 0 Å². The predicted molar refractivity (Wildman–Crippen MR) is 125 cm³/mol. The minimum atomic E-state index is -3.83. The lowest BCUT2D eigenvalue weighted by Crippen LogP contribution is -2.43. The van der Waals surface area contributed by atoms with Crippen LogP contribution in [-0.4, -0.2) is 42.3 Å². The number of sulfonamides is 1. The third kappa shape index (κ3) is 4.96. The number of nitrogens with zero attached hydrogens (tertiary/aromatic N) is 3. The molecule has 32 heavy (non-hydrogen) atoms. The highest BCUT2D eigenvalue weighted by atomic mass is 35.5. The topological polar surface area (TPSA) is 71.7 Å². The van der Waals surface area contributed by atoms with Gasteiger partial charge in [0, 0.05) is 25.2 Å². The van der Waals surface area contributed by atoms with Gasteiger partial charge in [-0.25, -0.2) is 8.42 Å². The van der Waals surface area contributed by atoms with Crippen LogP contribution in [0.3, 0.4) is 0 Å². The summed E-state index contributed by atoms with van der Waals surface area (Å²) in [6.45, 7) is 0.478. The molecule has 1 saturated carbocycles. The van der Waals surface area contributed by atoms with E-state index in [1.165, 1.54) is 35.7 Å². The van der Waals surface area contributed by atoms with Gasteiger partial charge < -0.3 is 0 Å². The summed E-state index contributed by atoms with van der Waals surface area (Å²) in [6, 6.07) is 10.5. The number of carbonyl (C=O) groups is 1. The Hall–Kier alpha value is -1.67. The largest absolute Gasteiger partial charge is 0.274 e. The van der Waals surface area contributed by atoms with Crippen LogP contribution in [0, 0.1) is 5.92 Å². The molecular formula is C23H27Cl2N3O3S. The zero-order valence-electron chi connectivity index (χ0n) is 17.8. The Balaban J connectivity index is 1.50. The van der Waals surface area contributed by atoms with Crippen LogP contribution in [0.1, 0.15) is 49.7 Å². The van der Waals surface area contributed by atoms with Crippen molar-refractivity contribution < 1.29 is 13.2 Å².